The fraction of sp³-hybridized carbons (Fsp3) is 0.400. The summed E-state index contributed by atoms with van der Waals surface area (Å²) in [5.41, 5.74) is 1.83. The van der Waals surface area contributed by atoms with Crippen LogP contribution in [0, 0.1) is 13.8 Å². The molecule has 0 fully saturated rings. The number of hydrogen-bond acceptors (Lipinski definition) is 5. The van der Waals surface area contributed by atoms with Gasteiger partial charge < -0.3 is 25.0 Å². The smallest absolute Gasteiger partial charge is 0.119 e. The molecule has 3 N–H and O–H groups in total. The second-order valence-electron chi connectivity index (χ2n) is 6.41. The van der Waals surface area contributed by atoms with Crippen molar-refractivity contribution in [3.63, 3.8) is 0 Å². The maximum Gasteiger partial charge on any atom is 0.119 e. The number of hydrogen-bond donors (Lipinski definition) is 3. The van der Waals surface area contributed by atoms with Crippen LogP contribution >= 0.6 is 23.2 Å². The molecule has 0 radical (unpaired) electrons. The van der Waals surface area contributed by atoms with Crippen molar-refractivity contribution in [1.29, 1.82) is 0 Å². The lowest BCUT2D eigenvalue weighted by Gasteiger charge is -2.16. The molecule has 148 valence electrons. The molecule has 0 amide bonds. The SMILES string of the molecule is Cc1cc(OC[C@@H](O)CNC[C@H](O)COc2ccc(Cl)c(C)c2)ccc1Cl. The molecule has 0 bridgehead atoms. The van der Waals surface area contributed by atoms with E-state index in [2.05, 4.69) is 5.32 Å². The third-order valence-corrected chi connectivity index (χ3v) is 4.75. The summed E-state index contributed by atoms with van der Waals surface area (Å²) in [5, 5.41) is 24.3. The molecule has 0 saturated carbocycles. The summed E-state index contributed by atoms with van der Waals surface area (Å²) in [6, 6.07) is 10.7. The van der Waals surface area contributed by atoms with Crippen molar-refractivity contribution in [2.75, 3.05) is 26.3 Å². The molecule has 0 aliphatic carbocycles. The summed E-state index contributed by atoms with van der Waals surface area (Å²) in [4.78, 5) is 0. The first-order chi connectivity index (χ1) is 12.8. The first-order valence-electron chi connectivity index (χ1n) is 8.70. The van der Waals surface area contributed by atoms with Crippen molar-refractivity contribution in [2.45, 2.75) is 26.1 Å². The first-order valence-corrected chi connectivity index (χ1v) is 9.45. The lowest BCUT2D eigenvalue weighted by Crippen LogP contribution is -2.37. The predicted molar refractivity (Wildman–Crippen MR) is 108 cm³/mol. The average Bonchev–Trinajstić information content (AvgIpc) is 2.63. The number of ether oxygens (including phenoxy) is 2. The maximum absolute atomic E-state index is 9.97. The largest absolute Gasteiger partial charge is 0.491 e. The van der Waals surface area contributed by atoms with Crippen LogP contribution in [-0.4, -0.2) is 48.7 Å². The molecular formula is C20H25Cl2NO4. The van der Waals surface area contributed by atoms with E-state index in [9.17, 15) is 10.2 Å². The molecule has 2 rings (SSSR count). The number of halogens is 2. The molecule has 2 aromatic rings. The van der Waals surface area contributed by atoms with Crippen molar-refractivity contribution in [2.24, 2.45) is 0 Å². The van der Waals surface area contributed by atoms with E-state index in [4.69, 9.17) is 32.7 Å². The summed E-state index contributed by atoms with van der Waals surface area (Å²) in [6.07, 6.45) is -1.40. The van der Waals surface area contributed by atoms with E-state index in [1.807, 2.05) is 26.0 Å². The van der Waals surface area contributed by atoms with Gasteiger partial charge in [0.25, 0.3) is 0 Å². The Morgan fingerprint density at radius 1 is 0.815 bits per heavy atom. The standard InChI is InChI=1S/C20H25Cl2NO4/c1-13-7-17(3-5-19(13)21)26-11-15(24)9-23-10-16(25)12-27-18-4-6-20(22)14(2)8-18/h3-8,15-16,23-25H,9-12H2,1-2H3/t15-,16-/m0/s1. The van der Waals surface area contributed by atoms with Gasteiger partial charge in [0, 0.05) is 23.1 Å². The summed E-state index contributed by atoms with van der Waals surface area (Å²) >= 11 is 11.9. The summed E-state index contributed by atoms with van der Waals surface area (Å²) in [6.45, 7) is 4.66. The zero-order valence-corrected chi connectivity index (χ0v) is 16.9. The van der Waals surface area contributed by atoms with Crippen LogP contribution in [0.3, 0.4) is 0 Å². The predicted octanol–water partition coefficient (Wildman–Crippen LogP) is 3.38. The van der Waals surface area contributed by atoms with Crippen molar-refractivity contribution in [3.8, 4) is 11.5 Å². The van der Waals surface area contributed by atoms with Crippen molar-refractivity contribution < 1.29 is 19.7 Å². The van der Waals surface area contributed by atoms with Gasteiger partial charge in [-0.25, -0.2) is 0 Å². The van der Waals surface area contributed by atoms with E-state index in [1.165, 1.54) is 0 Å². The van der Waals surface area contributed by atoms with Gasteiger partial charge in [-0.3, -0.25) is 0 Å². The minimum atomic E-state index is -0.701. The monoisotopic (exact) mass is 413 g/mol. The Labute approximate surface area is 169 Å². The molecule has 0 saturated heterocycles. The normalized spacial score (nSPS) is 13.3. The highest BCUT2D eigenvalue weighted by atomic mass is 35.5. The minimum Gasteiger partial charge on any atom is -0.491 e. The van der Waals surface area contributed by atoms with Gasteiger partial charge in [-0.2, -0.15) is 0 Å². The van der Waals surface area contributed by atoms with Crippen LogP contribution in [0.15, 0.2) is 36.4 Å². The molecule has 0 aliphatic rings. The van der Waals surface area contributed by atoms with E-state index < -0.39 is 12.2 Å². The lowest BCUT2D eigenvalue weighted by molar-refractivity contribution is 0.0857. The zero-order valence-electron chi connectivity index (χ0n) is 15.4. The van der Waals surface area contributed by atoms with E-state index in [1.54, 1.807) is 24.3 Å². The Bertz CT molecular complexity index is 680. The van der Waals surface area contributed by atoms with Crippen LogP contribution in [0.25, 0.3) is 0 Å². The highest BCUT2D eigenvalue weighted by Gasteiger charge is 2.09. The van der Waals surface area contributed by atoms with Crippen molar-refractivity contribution >= 4 is 23.2 Å². The number of aliphatic hydroxyl groups excluding tert-OH is 2. The zero-order chi connectivity index (χ0) is 19.8. The van der Waals surface area contributed by atoms with Gasteiger partial charge in [0.1, 0.15) is 36.9 Å². The van der Waals surface area contributed by atoms with Crippen LogP contribution < -0.4 is 14.8 Å². The number of aryl methyl sites for hydroxylation is 2. The molecular weight excluding hydrogens is 389 g/mol. The third kappa shape index (κ3) is 7.56. The summed E-state index contributed by atoms with van der Waals surface area (Å²) in [7, 11) is 0. The Kier molecular flexibility index (Phi) is 8.67. The Morgan fingerprint density at radius 2 is 1.22 bits per heavy atom. The quantitative estimate of drug-likeness (QED) is 0.556. The number of aliphatic hydroxyl groups is 2. The van der Waals surface area contributed by atoms with Gasteiger partial charge >= 0.3 is 0 Å². The minimum absolute atomic E-state index is 0.144. The highest BCUT2D eigenvalue weighted by Crippen LogP contribution is 2.22. The Hall–Kier alpha value is -1.50. The molecule has 5 nitrogen and oxygen atoms in total. The molecule has 7 heteroatoms. The van der Waals surface area contributed by atoms with E-state index in [0.717, 1.165) is 11.1 Å². The molecule has 27 heavy (non-hydrogen) atoms. The van der Waals surface area contributed by atoms with Gasteiger partial charge in [-0.05, 0) is 61.4 Å². The average molecular weight is 414 g/mol. The second kappa shape index (κ2) is 10.7. The third-order valence-electron chi connectivity index (χ3n) is 3.90. The summed E-state index contributed by atoms with van der Waals surface area (Å²) < 4.78 is 11.1. The maximum atomic E-state index is 9.97. The molecule has 0 spiro atoms. The number of benzene rings is 2. The molecule has 2 aromatic carbocycles. The van der Waals surface area contributed by atoms with Crippen molar-refractivity contribution in [1.82, 2.24) is 5.32 Å². The van der Waals surface area contributed by atoms with Crippen LogP contribution in [0.2, 0.25) is 10.0 Å². The fourth-order valence-electron chi connectivity index (χ4n) is 2.33. The number of nitrogens with one attached hydrogen (secondary N) is 1. The van der Waals surface area contributed by atoms with E-state index >= 15 is 0 Å². The van der Waals surface area contributed by atoms with Crippen LogP contribution in [0.4, 0.5) is 0 Å². The molecule has 2 atom stereocenters. The van der Waals surface area contributed by atoms with Crippen LogP contribution in [0.5, 0.6) is 11.5 Å². The fourth-order valence-corrected chi connectivity index (χ4v) is 2.57. The highest BCUT2D eigenvalue weighted by molar-refractivity contribution is 6.31. The van der Waals surface area contributed by atoms with Crippen LogP contribution in [-0.2, 0) is 0 Å². The van der Waals surface area contributed by atoms with Gasteiger partial charge in [-0.15, -0.1) is 0 Å². The molecule has 0 unspecified atom stereocenters. The Morgan fingerprint density at radius 3 is 1.59 bits per heavy atom. The van der Waals surface area contributed by atoms with Gasteiger partial charge in [0.15, 0.2) is 0 Å². The lowest BCUT2D eigenvalue weighted by atomic mass is 10.2. The van der Waals surface area contributed by atoms with Crippen LogP contribution in [0.1, 0.15) is 11.1 Å². The van der Waals surface area contributed by atoms with Gasteiger partial charge in [-0.1, -0.05) is 23.2 Å². The molecule has 0 heterocycles. The summed E-state index contributed by atoms with van der Waals surface area (Å²) in [5.74, 6) is 1.31. The molecule has 0 aliphatic heterocycles. The topological polar surface area (TPSA) is 71.0 Å². The van der Waals surface area contributed by atoms with Crippen molar-refractivity contribution in [3.05, 3.63) is 57.6 Å². The van der Waals surface area contributed by atoms with E-state index in [-0.39, 0.29) is 13.2 Å². The number of rotatable bonds is 10. The molecule has 0 aromatic heterocycles. The second-order valence-corrected chi connectivity index (χ2v) is 7.22. The van der Waals surface area contributed by atoms with Gasteiger partial charge in [0.05, 0.1) is 0 Å². The van der Waals surface area contributed by atoms with E-state index in [0.29, 0.717) is 34.6 Å². The Balaban J connectivity index is 1.62. The van der Waals surface area contributed by atoms with Gasteiger partial charge in [0.2, 0.25) is 0 Å². The first kappa shape index (κ1) is 21.8.